The Morgan fingerprint density at radius 2 is 0.829 bits per heavy atom. The average molecular weight is 491 g/mol. The number of hydrogen-bond acceptors (Lipinski definition) is 2. The first-order chi connectivity index (χ1) is 16.9. The first-order valence-corrected chi connectivity index (χ1v) is 13.9. The zero-order valence-electron chi connectivity index (χ0n) is 20.7. The van der Waals surface area contributed by atoms with E-state index >= 15 is 0 Å². The molecule has 4 aromatic carbocycles. The summed E-state index contributed by atoms with van der Waals surface area (Å²) in [6, 6.07) is 38.5. The lowest BCUT2D eigenvalue weighted by atomic mass is 9.58. The van der Waals surface area contributed by atoms with Crippen LogP contribution in [0.15, 0.2) is 109 Å². The van der Waals surface area contributed by atoms with Gasteiger partial charge < -0.3 is 8.85 Å². The van der Waals surface area contributed by atoms with E-state index in [1.807, 2.05) is 12.1 Å². The molecule has 0 heterocycles. The molecule has 4 radical (unpaired) electrons. The lowest BCUT2D eigenvalue weighted by Gasteiger charge is -2.55. The van der Waals surface area contributed by atoms with Gasteiger partial charge in [0.2, 0.25) is 0 Å². The van der Waals surface area contributed by atoms with E-state index in [9.17, 15) is 0 Å². The van der Waals surface area contributed by atoms with Crippen LogP contribution in [0.4, 0.5) is 0 Å². The Labute approximate surface area is 214 Å². The smallest absolute Gasteiger partial charge is 0.269 e. The molecule has 4 heteroatoms. The van der Waals surface area contributed by atoms with Crippen molar-refractivity contribution in [1.82, 2.24) is 0 Å². The maximum absolute atomic E-state index is 6.91. The van der Waals surface area contributed by atoms with Crippen LogP contribution in [-0.4, -0.2) is 30.7 Å². The van der Waals surface area contributed by atoms with E-state index in [-0.39, 0.29) is 19.5 Å². The van der Waals surface area contributed by atoms with E-state index in [1.165, 1.54) is 32.6 Å². The van der Waals surface area contributed by atoms with Crippen molar-refractivity contribution in [2.24, 2.45) is 0 Å². The maximum Gasteiger partial charge on any atom is 0.269 e. The fourth-order valence-electron chi connectivity index (χ4n) is 5.80. The zero-order valence-corrected chi connectivity index (χ0v) is 22.7. The highest BCUT2D eigenvalue weighted by atomic mass is 28.2. The van der Waals surface area contributed by atoms with Gasteiger partial charge in [0.1, 0.15) is 0 Å². The van der Waals surface area contributed by atoms with Gasteiger partial charge in [0.05, 0.1) is 16.6 Å². The van der Waals surface area contributed by atoms with Gasteiger partial charge in [0, 0.05) is 0 Å². The Morgan fingerprint density at radius 3 is 1.23 bits per heavy atom. The molecule has 0 unspecified atom stereocenters. The largest absolute Gasteiger partial charge is 0.405 e. The Bertz CT molecular complexity index is 1200. The highest BCUT2D eigenvalue weighted by Gasteiger charge is 2.62. The van der Waals surface area contributed by atoms with E-state index in [0.717, 1.165) is 0 Å². The van der Waals surface area contributed by atoms with Gasteiger partial charge in [-0.2, -0.15) is 0 Å². The molecule has 0 bridgehead atoms. The van der Waals surface area contributed by atoms with Crippen molar-refractivity contribution in [2.75, 3.05) is 0 Å². The molecule has 1 aliphatic carbocycles. The minimum absolute atomic E-state index is 0.238. The molecule has 35 heavy (non-hydrogen) atoms. The van der Waals surface area contributed by atoms with Crippen molar-refractivity contribution in [2.45, 2.75) is 44.3 Å². The van der Waals surface area contributed by atoms with Crippen molar-refractivity contribution in [3.63, 3.8) is 0 Å². The van der Waals surface area contributed by atoms with Gasteiger partial charge >= 0.3 is 0 Å². The molecule has 0 amide bonds. The van der Waals surface area contributed by atoms with Crippen LogP contribution in [0.25, 0.3) is 11.1 Å². The molecular weight excluding hydrogens is 461 g/mol. The summed E-state index contributed by atoms with van der Waals surface area (Å²) in [4.78, 5) is 0. The van der Waals surface area contributed by atoms with Crippen LogP contribution in [0.5, 0.6) is 0 Å². The third-order valence-corrected chi connectivity index (χ3v) is 9.52. The summed E-state index contributed by atoms with van der Waals surface area (Å²) in [5, 5.41) is 2.39. The van der Waals surface area contributed by atoms with Gasteiger partial charge in [-0.05, 0) is 60.3 Å². The molecule has 0 saturated heterocycles. The SMILES string of the molecule is CC(C)(O[Si]c1ccccc1)C1(C(C)(C)O[Si]c2ccccc2)c2ccccc2-c2ccccc21. The first kappa shape index (κ1) is 24.0. The zero-order chi connectivity index (χ0) is 24.5. The normalized spacial score (nSPS) is 14.4. The second kappa shape index (κ2) is 9.36. The molecule has 4 aromatic rings. The van der Waals surface area contributed by atoms with E-state index in [4.69, 9.17) is 8.85 Å². The maximum atomic E-state index is 6.91. The summed E-state index contributed by atoms with van der Waals surface area (Å²) in [5.74, 6) is 0. The summed E-state index contributed by atoms with van der Waals surface area (Å²) < 4.78 is 13.8. The minimum Gasteiger partial charge on any atom is -0.405 e. The lowest BCUT2D eigenvalue weighted by Crippen LogP contribution is -2.63. The Kier molecular flexibility index (Phi) is 6.40. The van der Waals surface area contributed by atoms with Crippen LogP contribution < -0.4 is 10.4 Å². The molecule has 0 N–H and O–H groups in total. The highest BCUT2D eigenvalue weighted by molar-refractivity contribution is 6.47. The summed E-state index contributed by atoms with van der Waals surface area (Å²) in [7, 11) is 0.477. The molecule has 0 atom stereocenters. The van der Waals surface area contributed by atoms with Crippen molar-refractivity contribution >= 4 is 29.9 Å². The predicted octanol–water partition coefficient (Wildman–Crippen LogP) is 5.43. The van der Waals surface area contributed by atoms with Crippen molar-refractivity contribution < 1.29 is 8.85 Å². The topological polar surface area (TPSA) is 18.5 Å². The van der Waals surface area contributed by atoms with Crippen LogP contribution in [0.2, 0.25) is 0 Å². The molecule has 2 nitrogen and oxygen atoms in total. The van der Waals surface area contributed by atoms with Crippen molar-refractivity contribution in [3.05, 3.63) is 120 Å². The second-order valence-electron chi connectivity index (χ2n) is 10.0. The number of fused-ring (bicyclic) bond motifs is 3. The van der Waals surface area contributed by atoms with E-state index in [0.29, 0.717) is 0 Å². The second-order valence-corrected chi connectivity index (χ2v) is 12.0. The third-order valence-electron chi connectivity index (χ3n) is 7.15. The summed E-state index contributed by atoms with van der Waals surface area (Å²) in [5.41, 5.74) is 3.43. The van der Waals surface area contributed by atoms with E-state index < -0.39 is 16.6 Å². The fraction of sp³-hybridized carbons (Fsp3) is 0.226. The van der Waals surface area contributed by atoms with Crippen LogP contribution in [0.1, 0.15) is 38.8 Å². The molecule has 174 valence electrons. The average Bonchev–Trinajstić information content (AvgIpc) is 3.20. The predicted molar refractivity (Wildman–Crippen MR) is 147 cm³/mol. The van der Waals surface area contributed by atoms with Crippen LogP contribution >= 0.6 is 0 Å². The van der Waals surface area contributed by atoms with Gasteiger partial charge in [-0.15, -0.1) is 0 Å². The first-order valence-electron chi connectivity index (χ1n) is 12.0. The summed E-state index contributed by atoms with van der Waals surface area (Å²) in [6.07, 6.45) is 0. The van der Waals surface area contributed by atoms with Crippen LogP contribution in [0.3, 0.4) is 0 Å². The van der Waals surface area contributed by atoms with Crippen LogP contribution in [0, 0.1) is 0 Å². The number of hydrogen-bond donors (Lipinski definition) is 0. The Morgan fingerprint density at radius 1 is 0.486 bits per heavy atom. The summed E-state index contributed by atoms with van der Waals surface area (Å²) in [6.45, 7) is 8.94. The van der Waals surface area contributed by atoms with Gasteiger partial charge in [-0.1, -0.05) is 109 Å². The highest BCUT2D eigenvalue weighted by Crippen LogP contribution is 2.60. The molecule has 0 aromatic heterocycles. The van der Waals surface area contributed by atoms with Crippen molar-refractivity contribution in [1.29, 1.82) is 0 Å². The fourth-order valence-corrected chi connectivity index (χ4v) is 7.51. The molecule has 0 spiro atoms. The minimum atomic E-state index is -0.561. The molecule has 5 rings (SSSR count). The van der Waals surface area contributed by atoms with E-state index in [2.05, 4.69) is 125 Å². The number of rotatable bonds is 8. The molecular formula is C31H30O2Si2. The van der Waals surface area contributed by atoms with Gasteiger partial charge in [-0.25, -0.2) is 0 Å². The monoisotopic (exact) mass is 490 g/mol. The van der Waals surface area contributed by atoms with Crippen molar-refractivity contribution in [3.8, 4) is 11.1 Å². The lowest BCUT2D eigenvalue weighted by molar-refractivity contribution is -0.0644. The Hall–Kier alpha value is -2.77. The third kappa shape index (κ3) is 4.05. The van der Waals surface area contributed by atoms with Gasteiger partial charge in [-0.3, -0.25) is 0 Å². The standard InChI is InChI=1S/C31H30O2Si2/c1-29(2,32-34-23-15-7-5-8-16-23)31(30(3,4)33-35-24-17-9-6-10-18-24)27-21-13-11-19-25(27)26-20-12-14-22-28(26)31/h5-22H,1-4H3. The van der Waals surface area contributed by atoms with E-state index in [1.54, 1.807) is 0 Å². The summed E-state index contributed by atoms with van der Waals surface area (Å²) >= 11 is 0. The molecule has 0 fully saturated rings. The molecule has 0 saturated carbocycles. The number of benzene rings is 4. The van der Waals surface area contributed by atoms with Crippen LogP contribution in [-0.2, 0) is 14.3 Å². The molecule has 0 aliphatic heterocycles. The molecule has 1 aliphatic rings. The Balaban J connectivity index is 1.65. The van der Waals surface area contributed by atoms with Gasteiger partial charge in [0.25, 0.3) is 19.5 Å². The van der Waals surface area contributed by atoms with Gasteiger partial charge in [0.15, 0.2) is 0 Å². The quantitative estimate of drug-likeness (QED) is 0.307.